The van der Waals surface area contributed by atoms with E-state index in [1.807, 2.05) is 0 Å². The topological polar surface area (TPSA) is 51.3 Å². The van der Waals surface area contributed by atoms with E-state index in [1.165, 1.54) is 14.2 Å². The number of halogens is 2. The van der Waals surface area contributed by atoms with Crippen molar-refractivity contribution in [3.63, 3.8) is 0 Å². The number of hydrogen-bond acceptors (Lipinski definition) is 3. The molecule has 90 valence electrons. The minimum Gasteiger partial charge on any atom is -0.493 e. The van der Waals surface area contributed by atoms with Crippen LogP contribution < -0.4 is 15.0 Å². The molecule has 0 fully saturated rings. The maximum absolute atomic E-state index is 11.5. The van der Waals surface area contributed by atoms with E-state index in [0.717, 1.165) is 0 Å². The number of nitrogens with one attached hydrogen (secondary N) is 1. The fraction of sp³-hybridized carbons (Fsp3) is 0.182. The lowest BCUT2D eigenvalue weighted by Crippen LogP contribution is -2.07. The highest BCUT2D eigenvalue weighted by Crippen LogP contribution is 2.35. The second kappa shape index (κ2) is 4.47. The van der Waals surface area contributed by atoms with E-state index in [1.54, 1.807) is 12.1 Å². The third-order valence-corrected chi connectivity index (χ3v) is 3.25. The Labute approximate surface area is 107 Å². The third-order valence-electron chi connectivity index (χ3n) is 2.40. The Morgan fingerprint density at radius 1 is 1.06 bits per heavy atom. The second-order valence-electron chi connectivity index (χ2n) is 3.33. The zero-order valence-electron chi connectivity index (χ0n) is 9.14. The summed E-state index contributed by atoms with van der Waals surface area (Å²) in [6.07, 6.45) is 0. The molecule has 2 rings (SSSR count). The first kappa shape index (κ1) is 12.1. The van der Waals surface area contributed by atoms with Gasteiger partial charge in [0.1, 0.15) is 5.02 Å². The van der Waals surface area contributed by atoms with Crippen LogP contribution in [0.25, 0.3) is 10.9 Å². The Balaban J connectivity index is 2.88. The van der Waals surface area contributed by atoms with E-state index in [0.29, 0.717) is 22.4 Å². The molecule has 1 heterocycles. The number of H-pyrrole nitrogens is 1. The molecule has 0 bridgehead atoms. The van der Waals surface area contributed by atoms with Gasteiger partial charge in [-0.1, -0.05) is 23.2 Å². The lowest BCUT2D eigenvalue weighted by molar-refractivity contribution is 0.356. The number of fused-ring (bicyclic) bond motifs is 1. The molecule has 2 aromatic rings. The maximum Gasteiger partial charge on any atom is 0.268 e. The number of rotatable bonds is 2. The molecular formula is C11H9Cl2NO3. The van der Waals surface area contributed by atoms with Crippen molar-refractivity contribution in [3.05, 3.63) is 32.5 Å². The normalized spacial score (nSPS) is 10.6. The summed E-state index contributed by atoms with van der Waals surface area (Å²) < 4.78 is 10.3. The average Bonchev–Trinajstić information content (AvgIpc) is 2.34. The van der Waals surface area contributed by atoms with Crippen LogP contribution in [0, 0.1) is 0 Å². The van der Waals surface area contributed by atoms with Crippen LogP contribution in [0.4, 0.5) is 0 Å². The largest absolute Gasteiger partial charge is 0.493 e. The Morgan fingerprint density at radius 2 is 1.65 bits per heavy atom. The van der Waals surface area contributed by atoms with Crippen molar-refractivity contribution in [2.75, 3.05) is 14.2 Å². The summed E-state index contributed by atoms with van der Waals surface area (Å²) in [5, 5.41) is 0.770. The van der Waals surface area contributed by atoms with Gasteiger partial charge in [0.05, 0.1) is 24.8 Å². The van der Waals surface area contributed by atoms with Crippen molar-refractivity contribution in [1.82, 2.24) is 4.98 Å². The van der Waals surface area contributed by atoms with E-state index in [-0.39, 0.29) is 10.0 Å². The summed E-state index contributed by atoms with van der Waals surface area (Å²) in [5.41, 5.74) is 0.110. The Hall–Kier alpha value is -1.39. The fourth-order valence-corrected chi connectivity index (χ4v) is 1.95. The van der Waals surface area contributed by atoms with Gasteiger partial charge in [-0.15, -0.1) is 0 Å². The van der Waals surface area contributed by atoms with Crippen molar-refractivity contribution in [2.24, 2.45) is 0 Å². The highest BCUT2D eigenvalue weighted by atomic mass is 35.5. The van der Waals surface area contributed by atoms with Gasteiger partial charge in [-0.2, -0.15) is 0 Å². The molecule has 1 N–H and O–H groups in total. The summed E-state index contributed by atoms with van der Waals surface area (Å²) in [7, 11) is 3.03. The average molecular weight is 274 g/mol. The van der Waals surface area contributed by atoms with Crippen LogP contribution in [-0.2, 0) is 0 Å². The van der Waals surface area contributed by atoms with Gasteiger partial charge in [0.15, 0.2) is 11.5 Å². The fourth-order valence-electron chi connectivity index (χ4n) is 1.56. The monoisotopic (exact) mass is 273 g/mol. The molecule has 0 radical (unpaired) electrons. The van der Waals surface area contributed by atoms with Crippen molar-refractivity contribution in [2.45, 2.75) is 0 Å². The molecular weight excluding hydrogens is 265 g/mol. The molecule has 0 unspecified atom stereocenters. The molecule has 17 heavy (non-hydrogen) atoms. The lowest BCUT2D eigenvalue weighted by Gasteiger charge is -2.10. The van der Waals surface area contributed by atoms with Crippen LogP contribution in [0.3, 0.4) is 0 Å². The molecule has 0 aliphatic carbocycles. The SMILES string of the molecule is COc1cc2[nH]c(=O)c(Cl)c(Cl)c2cc1OC. The molecule has 6 heteroatoms. The smallest absolute Gasteiger partial charge is 0.268 e. The predicted molar refractivity (Wildman–Crippen MR) is 67.7 cm³/mol. The highest BCUT2D eigenvalue weighted by molar-refractivity contribution is 6.45. The van der Waals surface area contributed by atoms with E-state index in [9.17, 15) is 4.79 Å². The molecule has 0 saturated carbocycles. The van der Waals surface area contributed by atoms with Gasteiger partial charge in [0.25, 0.3) is 5.56 Å². The van der Waals surface area contributed by atoms with Gasteiger partial charge in [-0.3, -0.25) is 4.79 Å². The van der Waals surface area contributed by atoms with E-state index >= 15 is 0 Å². The van der Waals surface area contributed by atoms with Gasteiger partial charge in [-0.05, 0) is 6.07 Å². The number of hydrogen-bond donors (Lipinski definition) is 1. The summed E-state index contributed by atoms with van der Waals surface area (Å²) >= 11 is 11.8. The lowest BCUT2D eigenvalue weighted by atomic mass is 10.2. The number of benzene rings is 1. The minimum atomic E-state index is -0.434. The molecule has 0 amide bonds. The van der Waals surface area contributed by atoms with E-state index < -0.39 is 5.56 Å². The molecule has 4 nitrogen and oxygen atoms in total. The Bertz CT molecular complexity index is 637. The minimum absolute atomic E-state index is 0.0358. The quantitative estimate of drug-likeness (QED) is 0.916. The number of methoxy groups -OCH3 is 2. The zero-order chi connectivity index (χ0) is 12.6. The summed E-state index contributed by atoms with van der Waals surface area (Å²) in [6, 6.07) is 3.30. The summed E-state index contributed by atoms with van der Waals surface area (Å²) in [4.78, 5) is 14.1. The molecule has 0 atom stereocenters. The van der Waals surface area contributed by atoms with Crippen molar-refractivity contribution in [1.29, 1.82) is 0 Å². The first-order valence-corrected chi connectivity index (χ1v) is 5.47. The van der Waals surface area contributed by atoms with Gasteiger partial charge >= 0.3 is 0 Å². The van der Waals surface area contributed by atoms with Crippen LogP contribution in [0.2, 0.25) is 10.0 Å². The summed E-state index contributed by atoms with van der Waals surface area (Å²) in [6.45, 7) is 0. The third kappa shape index (κ3) is 1.94. The van der Waals surface area contributed by atoms with Crippen LogP contribution in [-0.4, -0.2) is 19.2 Å². The maximum atomic E-state index is 11.5. The van der Waals surface area contributed by atoms with Gasteiger partial charge in [0.2, 0.25) is 0 Å². The standard InChI is InChI=1S/C11H9Cl2NO3/c1-16-7-3-5-6(4-8(7)17-2)14-11(15)10(13)9(5)12/h3-4H,1-2H3,(H,14,15). The van der Waals surface area contributed by atoms with Crippen molar-refractivity contribution < 1.29 is 9.47 Å². The van der Waals surface area contributed by atoms with Gasteiger partial charge in [-0.25, -0.2) is 0 Å². The van der Waals surface area contributed by atoms with Gasteiger partial charge < -0.3 is 14.5 Å². The molecule has 0 spiro atoms. The van der Waals surface area contributed by atoms with E-state index in [4.69, 9.17) is 32.7 Å². The van der Waals surface area contributed by atoms with E-state index in [2.05, 4.69) is 4.98 Å². The van der Waals surface area contributed by atoms with Crippen LogP contribution in [0.15, 0.2) is 16.9 Å². The molecule has 0 aliphatic heterocycles. The number of aromatic nitrogens is 1. The Morgan fingerprint density at radius 3 is 2.24 bits per heavy atom. The van der Waals surface area contributed by atoms with Crippen molar-refractivity contribution in [3.8, 4) is 11.5 Å². The molecule has 1 aromatic carbocycles. The van der Waals surface area contributed by atoms with Crippen LogP contribution in [0.5, 0.6) is 11.5 Å². The van der Waals surface area contributed by atoms with Crippen LogP contribution in [0.1, 0.15) is 0 Å². The predicted octanol–water partition coefficient (Wildman–Crippen LogP) is 2.85. The Kier molecular flexibility index (Phi) is 3.17. The highest BCUT2D eigenvalue weighted by Gasteiger charge is 2.13. The zero-order valence-corrected chi connectivity index (χ0v) is 10.6. The molecule has 0 aliphatic rings. The summed E-state index contributed by atoms with van der Waals surface area (Å²) in [5.74, 6) is 1.03. The number of aromatic amines is 1. The number of ether oxygens (including phenoxy) is 2. The first-order valence-electron chi connectivity index (χ1n) is 4.71. The van der Waals surface area contributed by atoms with Crippen molar-refractivity contribution >= 4 is 34.1 Å². The number of pyridine rings is 1. The molecule has 1 aromatic heterocycles. The van der Waals surface area contributed by atoms with Crippen LogP contribution >= 0.6 is 23.2 Å². The molecule has 0 saturated heterocycles. The second-order valence-corrected chi connectivity index (χ2v) is 4.09. The van der Waals surface area contributed by atoms with Gasteiger partial charge in [0, 0.05) is 11.5 Å². The first-order chi connectivity index (χ1) is 8.08.